The third-order valence-corrected chi connectivity index (χ3v) is 3.02. The molecule has 17 heavy (non-hydrogen) atoms. The predicted molar refractivity (Wildman–Crippen MR) is 60.6 cm³/mol. The van der Waals surface area contributed by atoms with Gasteiger partial charge in [0.05, 0.1) is 11.5 Å². The van der Waals surface area contributed by atoms with Crippen molar-refractivity contribution in [3.63, 3.8) is 0 Å². The summed E-state index contributed by atoms with van der Waals surface area (Å²) in [4.78, 5) is 22.5. The number of benzene rings is 1. The monoisotopic (exact) mass is 234 g/mol. The van der Waals surface area contributed by atoms with Gasteiger partial charge in [-0.15, -0.1) is 0 Å². The fourth-order valence-corrected chi connectivity index (χ4v) is 2.07. The van der Waals surface area contributed by atoms with Crippen molar-refractivity contribution in [3.05, 3.63) is 35.9 Å². The van der Waals surface area contributed by atoms with Crippen LogP contribution in [0.4, 0.5) is 0 Å². The number of carboxylic acids is 1. The maximum absolute atomic E-state index is 11.7. The number of carbonyl (C=O) groups is 2. The molecule has 0 bridgehead atoms. The minimum absolute atomic E-state index is 0.260. The molecular formula is C13H14O4. The second kappa shape index (κ2) is 4.99. The van der Waals surface area contributed by atoms with Gasteiger partial charge < -0.3 is 9.84 Å². The molecule has 2 rings (SSSR count). The second-order valence-electron chi connectivity index (χ2n) is 4.24. The lowest BCUT2D eigenvalue weighted by atomic mass is 10.1. The molecule has 0 radical (unpaired) electrons. The second-order valence-corrected chi connectivity index (χ2v) is 4.24. The smallest absolute Gasteiger partial charge is 0.338 e. The van der Waals surface area contributed by atoms with Crippen LogP contribution in [0.1, 0.15) is 29.6 Å². The minimum atomic E-state index is -0.803. The Labute approximate surface area is 99.2 Å². The van der Waals surface area contributed by atoms with Crippen molar-refractivity contribution in [2.24, 2.45) is 5.92 Å². The Balaban J connectivity index is 1.91. The van der Waals surface area contributed by atoms with E-state index in [2.05, 4.69) is 0 Å². The first-order valence-corrected chi connectivity index (χ1v) is 5.65. The Morgan fingerprint density at radius 3 is 2.47 bits per heavy atom. The number of esters is 1. The summed E-state index contributed by atoms with van der Waals surface area (Å²) >= 11 is 0. The summed E-state index contributed by atoms with van der Waals surface area (Å²) in [6, 6.07) is 8.74. The van der Waals surface area contributed by atoms with E-state index in [1.807, 2.05) is 6.07 Å². The molecule has 0 saturated heterocycles. The minimum Gasteiger partial charge on any atom is -0.481 e. The van der Waals surface area contributed by atoms with Gasteiger partial charge in [0.15, 0.2) is 0 Å². The Bertz CT molecular complexity index is 413. The topological polar surface area (TPSA) is 63.6 Å². The summed E-state index contributed by atoms with van der Waals surface area (Å²) in [5, 5.41) is 8.84. The maximum Gasteiger partial charge on any atom is 0.338 e. The highest BCUT2D eigenvalue weighted by atomic mass is 16.5. The molecule has 0 amide bonds. The molecule has 0 unspecified atom stereocenters. The molecule has 0 aromatic heterocycles. The van der Waals surface area contributed by atoms with Crippen LogP contribution in [-0.2, 0) is 9.53 Å². The van der Waals surface area contributed by atoms with Crippen molar-refractivity contribution in [2.75, 3.05) is 0 Å². The zero-order valence-corrected chi connectivity index (χ0v) is 9.33. The molecule has 90 valence electrons. The van der Waals surface area contributed by atoms with E-state index in [0.29, 0.717) is 24.8 Å². The molecule has 0 spiro atoms. The number of hydrogen-bond donors (Lipinski definition) is 1. The van der Waals surface area contributed by atoms with Crippen molar-refractivity contribution in [2.45, 2.75) is 25.4 Å². The zero-order chi connectivity index (χ0) is 12.3. The Hall–Kier alpha value is -1.84. The van der Waals surface area contributed by atoms with Crippen molar-refractivity contribution in [1.82, 2.24) is 0 Å². The third-order valence-electron chi connectivity index (χ3n) is 3.02. The Morgan fingerprint density at radius 1 is 1.18 bits per heavy atom. The van der Waals surface area contributed by atoms with Crippen molar-refractivity contribution < 1.29 is 19.4 Å². The normalized spacial score (nSPS) is 23.3. The lowest BCUT2D eigenvalue weighted by Gasteiger charge is -2.11. The lowest BCUT2D eigenvalue weighted by Crippen LogP contribution is -2.17. The molecule has 1 saturated carbocycles. The fraction of sp³-hybridized carbons (Fsp3) is 0.385. The molecule has 0 aliphatic heterocycles. The fourth-order valence-electron chi connectivity index (χ4n) is 2.07. The first-order valence-electron chi connectivity index (χ1n) is 5.65. The van der Waals surface area contributed by atoms with Crippen LogP contribution in [0.5, 0.6) is 0 Å². The predicted octanol–water partition coefficient (Wildman–Crippen LogP) is 2.10. The highest BCUT2D eigenvalue weighted by Gasteiger charge is 2.32. The average Bonchev–Trinajstić information content (AvgIpc) is 2.79. The third kappa shape index (κ3) is 2.84. The van der Waals surface area contributed by atoms with Gasteiger partial charge in [0.25, 0.3) is 0 Å². The highest BCUT2D eigenvalue weighted by molar-refractivity contribution is 5.89. The van der Waals surface area contributed by atoms with E-state index in [1.165, 1.54) is 0 Å². The van der Waals surface area contributed by atoms with E-state index < -0.39 is 5.97 Å². The molecule has 1 aromatic rings. The van der Waals surface area contributed by atoms with Gasteiger partial charge in [-0.25, -0.2) is 4.79 Å². The lowest BCUT2D eigenvalue weighted by molar-refractivity contribution is -0.141. The molecule has 4 nitrogen and oxygen atoms in total. The summed E-state index contributed by atoms with van der Waals surface area (Å²) in [6.07, 6.45) is 1.38. The number of hydrogen-bond acceptors (Lipinski definition) is 3. The molecule has 1 aliphatic rings. The highest BCUT2D eigenvalue weighted by Crippen LogP contribution is 2.28. The van der Waals surface area contributed by atoms with Crippen LogP contribution in [-0.4, -0.2) is 23.1 Å². The molecule has 1 aliphatic carbocycles. The molecule has 1 aromatic carbocycles. The van der Waals surface area contributed by atoms with Crippen molar-refractivity contribution in [3.8, 4) is 0 Å². The Morgan fingerprint density at radius 2 is 1.88 bits per heavy atom. The van der Waals surface area contributed by atoms with E-state index in [9.17, 15) is 9.59 Å². The molecular weight excluding hydrogens is 220 g/mol. The summed E-state index contributed by atoms with van der Waals surface area (Å²) in [5.41, 5.74) is 0.506. The van der Waals surface area contributed by atoms with Gasteiger partial charge in [-0.3, -0.25) is 4.79 Å². The average molecular weight is 234 g/mol. The largest absolute Gasteiger partial charge is 0.481 e. The number of rotatable bonds is 3. The van der Waals surface area contributed by atoms with Crippen LogP contribution >= 0.6 is 0 Å². The first-order chi connectivity index (χ1) is 8.16. The van der Waals surface area contributed by atoms with Gasteiger partial charge in [0.1, 0.15) is 6.10 Å². The van der Waals surface area contributed by atoms with Crippen molar-refractivity contribution >= 4 is 11.9 Å². The van der Waals surface area contributed by atoms with Gasteiger partial charge in [0, 0.05) is 0 Å². The molecule has 1 N–H and O–H groups in total. The summed E-state index contributed by atoms with van der Waals surface area (Å²) in [7, 11) is 0. The number of ether oxygens (including phenoxy) is 1. The SMILES string of the molecule is O=C(O[C@H]1CC[C@@H](C(=O)O)C1)c1ccccc1. The van der Waals surface area contributed by atoms with Crippen LogP contribution in [0.15, 0.2) is 30.3 Å². The van der Waals surface area contributed by atoms with Crippen LogP contribution in [0.2, 0.25) is 0 Å². The number of aliphatic carboxylic acids is 1. The molecule has 4 heteroatoms. The van der Waals surface area contributed by atoms with Gasteiger partial charge in [-0.05, 0) is 31.4 Å². The first kappa shape index (κ1) is 11.6. The standard InChI is InChI=1S/C13H14O4/c14-12(15)10-6-7-11(8-10)17-13(16)9-4-2-1-3-5-9/h1-5,10-11H,6-8H2,(H,14,15)/t10-,11+/m1/s1. The van der Waals surface area contributed by atoms with Gasteiger partial charge >= 0.3 is 11.9 Å². The van der Waals surface area contributed by atoms with Crippen molar-refractivity contribution in [1.29, 1.82) is 0 Å². The van der Waals surface area contributed by atoms with Crippen LogP contribution in [0.3, 0.4) is 0 Å². The summed E-state index contributed by atoms with van der Waals surface area (Å²) in [6.45, 7) is 0. The van der Waals surface area contributed by atoms with E-state index in [0.717, 1.165) is 0 Å². The van der Waals surface area contributed by atoms with E-state index in [1.54, 1.807) is 24.3 Å². The van der Waals surface area contributed by atoms with Crippen LogP contribution in [0.25, 0.3) is 0 Å². The maximum atomic E-state index is 11.7. The quantitative estimate of drug-likeness (QED) is 0.813. The van der Waals surface area contributed by atoms with Crippen LogP contribution < -0.4 is 0 Å². The van der Waals surface area contributed by atoms with Gasteiger partial charge in [-0.1, -0.05) is 18.2 Å². The van der Waals surface area contributed by atoms with E-state index in [4.69, 9.17) is 9.84 Å². The van der Waals surface area contributed by atoms with Gasteiger partial charge in [-0.2, -0.15) is 0 Å². The van der Waals surface area contributed by atoms with Gasteiger partial charge in [0.2, 0.25) is 0 Å². The molecule has 2 atom stereocenters. The van der Waals surface area contributed by atoms with E-state index in [-0.39, 0.29) is 18.0 Å². The number of carboxylic acid groups (broad SMARTS) is 1. The summed E-state index contributed by atoms with van der Waals surface area (Å²) in [5.74, 6) is -1.55. The van der Waals surface area contributed by atoms with E-state index >= 15 is 0 Å². The molecule has 0 heterocycles. The Kier molecular flexibility index (Phi) is 3.42. The van der Waals surface area contributed by atoms with Crippen LogP contribution in [0, 0.1) is 5.92 Å². The molecule has 1 fully saturated rings. The number of carbonyl (C=O) groups excluding carboxylic acids is 1. The zero-order valence-electron chi connectivity index (χ0n) is 9.33. The summed E-state index contributed by atoms with van der Waals surface area (Å²) < 4.78 is 5.28.